The first-order valence-corrected chi connectivity index (χ1v) is 8.86. The van der Waals surface area contributed by atoms with Crippen molar-refractivity contribution in [2.75, 3.05) is 13.1 Å². The summed E-state index contributed by atoms with van der Waals surface area (Å²) in [6, 6.07) is 20.0. The molecule has 23 heavy (non-hydrogen) atoms. The minimum absolute atomic E-state index is 0.0564. The van der Waals surface area contributed by atoms with Gasteiger partial charge in [0.1, 0.15) is 0 Å². The second kappa shape index (κ2) is 5.47. The fourth-order valence-electron chi connectivity index (χ4n) is 4.68. The van der Waals surface area contributed by atoms with E-state index >= 15 is 0 Å². The molecule has 2 heterocycles. The van der Waals surface area contributed by atoms with Gasteiger partial charge in [-0.05, 0) is 42.4 Å². The van der Waals surface area contributed by atoms with Crippen molar-refractivity contribution in [3.63, 3.8) is 0 Å². The zero-order valence-electron chi connectivity index (χ0n) is 14.0. The van der Waals surface area contributed by atoms with Crippen LogP contribution < -0.4 is 5.73 Å². The molecule has 0 radical (unpaired) electrons. The molecule has 2 aliphatic rings. The Morgan fingerprint density at radius 3 is 2.52 bits per heavy atom. The lowest BCUT2D eigenvalue weighted by Gasteiger charge is -2.56. The molecule has 2 N–H and O–H groups in total. The van der Waals surface area contributed by atoms with Crippen LogP contribution in [0.3, 0.4) is 0 Å². The Morgan fingerprint density at radius 2 is 1.74 bits per heavy atom. The van der Waals surface area contributed by atoms with Gasteiger partial charge in [-0.1, -0.05) is 61.5 Å². The minimum atomic E-state index is -0.0726. The molecule has 2 aromatic rings. The quantitative estimate of drug-likeness (QED) is 0.917. The van der Waals surface area contributed by atoms with E-state index in [2.05, 4.69) is 66.4 Å². The Morgan fingerprint density at radius 1 is 1.00 bits per heavy atom. The number of benzene rings is 2. The van der Waals surface area contributed by atoms with E-state index in [4.69, 9.17) is 5.73 Å². The lowest BCUT2D eigenvalue weighted by atomic mass is 9.65. The highest BCUT2D eigenvalue weighted by Crippen LogP contribution is 2.49. The van der Waals surface area contributed by atoms with Crippen molar-refractivity contribution in [1.82, 2.24) is 4.90 Å². The van der Waals surface area contributed by atoms with E-state index in [9.17, 15) is 0 Å². The molecule has 2 aliphatic heterocycles. The maximum Gasteiger partial charge on any atom is 0.0736 e. The molecular weight excluding hydrogens is 280 g/mol. The van der Waals surface area contributed by atoms with E-state index in [0.29, 0.717) is 0 Å². The van der Waals surface area contributed by atoms with Crippen LogP contribution in [0.4, 0.5) is 0 Å². The van der Waals surface area contributed by atoms with E-state index in [1.165, 1.54) is 16.7 Å². The van der Waals surface area contributed by atoms with Gasteiger partial charge in [-0.3, -0.25) is 4.90 Å². The molecule has 0 bridgehead atoms. The third kappa shape index (κ3) is 2.24. The average Bonchev–Trinajstić information content (AvgIpc) is 2.62. The number of rotatable bonds is 2. The van der Waals surface area contributed by atoms with Crippen LogP contribution in [0.5, 0.6) is 0 Å². The van der Waals surface area contributed by atoms with Gasteiger partial charge in [0, 0.05) is 18.6 Å². The standard InChI is InChI=1S/C21H26N2/c1-2-20(22)13-15-23-14-12-17-8-6-7-11-19(17)21(23,16-20)18-9-4-3-5-10-18/h3-11H,2,12-16,22H2,1H3. The molecule has 2 nitrogen and oxygen atoms in total. The van der Waals surface area contributed by atoms with E-state index in [1.807, 2.05) is 0 Å². The Kier molecular flexibility index (Phi) is 3.55. The largest absolute Gasteiger partial charge is 0.325 e. The van der Waals surface area contributed by atoms with Crippen molar-refractivity contribution in [1.29, 1.82) is 0 Å². The van der Waals surface area contributed by atoms with Crippen molar-refractivity contribution >= 4 is 0 Å². The van der Waals surface area contributed by atoms with E-state index in [-0.39, 0.29) is 11.1 Å². The lowest BCUT2D eigenvalue weighted by molar-refractivity contribution is 0.0242. The fourth-order valence-corrected chi connectivity index (χ4v) is 4.68. The summed E-state index contributed by atoms with van der Waals surface area (Å²) in [5.41, 5.74) is 11.1. The fraction of sp³-hybridized carbons (Fsp3) is 0.429. The first-order valence-electron chi connectivity index (χ1n) is 8.86. The number of hydrogen-bond acceptors (Lipinski definition) is 2. The molecule has 2 heteroatoms. The molecule has 0 spiro atoms. The maximum absolute atomic E-state index is 6.82. The van der Waals surface area contributed by atoms with Crippen LogP contribution in [0.25, 0.3) is 0 Å². The van der Waals surface area contributed by atoms with Gasteiger partial charge in [0.15, 0.2) is 0 Å². The molecule has 2 atom stereocenters. The molecule has 0 amide bonds. The second-order valence-corrected chi connectivity index (χ2v) is 7.26. The zero-order chi connectivity index (χ0) is 15.9. The summed E-state index contributed by atoms with van der Waals surface area (Å²) in [6.45, 7) is 4.46. The summed E-state index contributed by atoms with van der Waals surface area (Å²) in [5, 5.41) is 0. The second-order valence-electron chi connectivity index (χ2n) is 7.26. The van der Waals surface area contributed by atoms with E-state index in [1.54, 1.807) is 0 Å². The predicted octanol–water partition coefficient (Wildman–Crippen LogP) is 3.69. The van der Waals surface area contributed by atoms with Crippen LogP contribution >= 0.6 is 0 Å². The van der Waals surface area contributed by atoms with Gasteiger partial charge in [-0.25, -0.2) is 0 Å². The summed E-state index contributed by atoms with van der Waals surface area (Å²) in [5.74, 6) is 0. The molecule has 2 unspecified atom stereocenters. The topological polar surface area (TPSA) is 29.3 Å². The Labute approximate surface area is 139 Å². The predicted molar refractivity (Wildman–Crippen MR) is 95.4 cm³/mol. The monoisotopic (exact) mass is 306 g/mol. The third-order valence-electron chi connectivity index (χ3n) is 6.10. The highest BCUT2D eigenvalue weighted by atomic mass is 15.2. The summed E-state index contributed by atoms with van der Waals surface area (Å²) >= 11 is 0. The van der Waals surface area contributed by atoms with Crippen molar-refractivity contribution < 1.29 is 0 Å². The molecule has 0 aliphatic carbocycles. The van der Waals surface area contributed by atoms with E-state index in [0.717, 1.165) is 38.8 Å². The van der Waals surface area contributed by atoms with Crippen molar-refractivity contribution in [3.8, 4) is 0 Å². The zero-order valence-corrected chi connectivity index (χ0v) is 14.0. The molecule has 0 aromatic heterocycles. The SMILES string of the molecule is CCC1(N)CCN2CCc3ccccc3C2(c2ccccc2)C1. The third-order valence-corrected chi connectivity index (χ3v) is 6.10. The van der Waals surface area contributed by atoms with Gasteiger partial charge >= 0.3 is 0 Å². The summed E-state index contributed by atoms with van der Waals surface area (Å²) in [7, 11) is 0. The summed E-state index contributed by atoms with van der Waals surface area (Å²) in [6.07, 6.45) is 4.30. The molecular formula is C21H26N2. The molecule has 0 saturated carbocycles. The smallest absolute Gasteiger partial charge is 0.0736 e. The van der Waals surface area contributed by atoms with Crippen LogP contribution in [-0.4, -0.2) is 23.5 Å². The molecule has 2 aromatic carbocycles. The Hall–Kier alpha value is -1.64. The van der Waals surface area contributed by atoms with Crippen molar-refractivity contribution in [3.05, 3.63) is 71.3 Å². The Balaban J connectivity index is 1.95. The molecule has 1 fully saturated rings. The van der Waals surface area contributed by atoms with Crippen molar-refractivity contribution in [2.45, 2.75) is 43.7 Å². The van der Waals surface area contributed by atoms with Gasteiger partial charge in [-0.15, -0.1) is 0 Å². The highest BCUT2D eigenvalue weighted by molar-refractivity contribution is 5.46. The summed E-state index contributed by atoms with van der Waals surface area (Å²) < 4.78 is 0. The number of fused-ring (bicyclic) bond motifs is 3. The van der Waals surface area contributed by atoms with Gasteiger partial charge in [0.2, 0.25) is 0 Å². The summed E-state index contributed by atoms with van der Waals surface area (Å²) in [4.78, 5) is 2.69. The number of nitrogens with zero attached hydrogens (tertiary/aromatic N) is 1. The molecule has 1 saturated heterocycles. The normalized spacial score (nSPS) is 30.5. The van der Waals surface area contributed by atoms with Crippen LogP contribution in [0.1, 0.15) is 42.9 Å². The minimum Gasteiger partial charge on any atom is -0.325 e. The average molecular weight is 306 g/mol. The maximum atomic E-state index is 6.82. The molecule has 120 valence electrons. The first kappa shape index (κ1) is 14.9. The van der Waals surface area contributed by atoms with Crippen LogP contribution in [0.2, 0.25) is 0 Å². The number of piperidine rings is 1. The van der Waals surface area contributed by atoms with Crippen LogP contribution in [0.15, 0.2) is 54.6 Å². The van der Waals surface area contributed by atoms with Crippen molar-refractivity contribution in [2.24, 2.45) is 5.73 Å². The van der Waals surface area contributed by atoms with Gasteiger partial charge < -0.3 is 5.73 Å². The first-order chi connectivity index (χ1) is 11.2. The van der Waals surface area contributed by atoms with E-state index < -0.39 is 0 Å². The number of hydrogen-bond donors (Lipinski definition) is 1. The number of nitrogens with two attached hydrogens (primary N) is 1. The lowest BCUT2D eigenvalue weighted by Crippen LogP contribution is -2.62. The van der Waals surface area contributed by atoms with Gasteiger partial charge in [0.25, 0.3) is 0 Å². The van der Waals surface area contributed by atoms with Gasteiger partial charge in [0.05, 0.1) is 5.54 Å². The van der Waals surface area contributed by atoms with Crippen LogP contribution in [-0.2, 0) is 12.0 Å². The Bertz CT molecular complexity index is 696. The van der Waals surface area contributed by atoms with Crippen LogP contribution in [0, 0.1) is 0 Å². The molecule has 4 rings (SSSR count). The highest BCUT2D eigenvalue weighted by Gasteiger charge is 2.51. The van der Waals surface area contributed by atoms with Gasteiger partial charge in [-0.2, -0.15) is 0 Å².